The van der Waals surface area contributed by atoms with Crippen LogP contribution < -0.4 is 14.8 Å². The molecule has 0 aromatic heterocycles. The molecule has 1 amide bonds. The van der Waals surface area contributed by atoms with Crippen LogP contribution in [0, 0.1) is 10.1 Å². The summed E-state index contributed by atoms with van der Waals surface area (Å²) in [5, 5.41) is 14.4. The van der Waals surface area contributed by atoms with Gasteiger partial charge in [0.1, 0.15) is 5.56 Å². The lowest BCUT2D eigenvalue weighted by Crippen LogP contribution is -2.47. The fourth-order valence-corrected chi connectivity index (χ4v) is 2.79. The number of hydrogen-bond acceptors (Lipinski definition) is 6. The molecule has 0 aliphatic carbocycles. The number of nitrogens with one attached hydrogen (secondary N) is 1. The zero-order valence-electron chi connectivity index (χ0n) is 13.8. The van der Waals surface area contributed by atoms with Crippen molar-refractivity contribution in [1.82, 2.24) is 10.2 Å². The topological polar surface area (TPSA) is 93.9 Å². The second-order valence-electron chi connectivity index (χ2n) is 5.53. The van der Waals surface area contributed by atoms with Crippen molar-refractivity contribution in [3.63, 3.8) is 0 Å². The Morgan fingerprint density at radius 1 is 1.44 bits per heavy atom. The Morgan fingerprint density at radius 2 is 2.16 bits per heavy atom. The third-order valence-electron chi connectivity index (χ3n) is 4.04. The van der Waals surface area contributed by atoms with Gasteiger partial charge in [-0.3, -0.25) is 14.9 Å². The van der Waals surface area contributed by atoms with Gasteiger partial charge in [-0.25, -0.2) is 0 Å². The van der Waals surface area contributed by atoms with Gasteiger partial charge in [0.05, 0.1) is 18.1 Å². The van der Waals surface area contributed by atoms with Gasteiger partial charge < -0.3 is 19.7 Å². The molecule has 1 saturated heterocycles. The van der Waals surface area contributed by atoms with E-state index in [4.69, 9.17) is 4.74 Å². The van der Waals surface area contributed by atoms with Crippen molar-refractivity contribution < 1.29 is 28.0 Å². The summed E-state index contributed by atoms with van der Waals surface area (Å²) in [6.07, 6.45) is 1.65. The van der Waals surface area contributed by atoms with E-state index in [1.807, 2.05) is 0 Å². The van der Waals surface area contributed by atoms with Crippen LogP contribution >= 0.6 is 0 Å². The third-order valence-corrected chi connectivity index (χ3v) is 4.04. The molecule has 1 N–H and O–H groups in total. The highest BCUT2D eigenvalue weighted by Gasteiger charge is 2.31. The second kappa shape index (κ2) is 8.06. The average Bonchev–Trinajstić information content (AvgIpc) is 2.60. The summed E-state index contributed by atoms with van der Waals surface area (Å²) in [5.41, 5.74) is -0.826. The number of nitro groups is 1. The van der Waals surface area contributed by atoms with Crippen molar-refractivity contribution in [3.8, 4) is 11.5 Å². The van der Waals surface area contributed by atoms with Crippen LogP contribution in [-0.4, -0.2) is 55.6 Å². The van der Waals surface area contributed by atoms with Crippen LogP contribution in [0.3, 0.4) is 0 Å². The number of alkyl halides is 2. The first-order chi connectivity index (χ1) is 11.9. The monoisotopic (exact) mass is 359 g/mol. The average molecular weight is 359 g/mol. The van der Waals surface area contributed by atoms with Crippen LogP contribution in [0.2, 0.25) is 0 Å². The van der Waals surface area contributed by atoms with Gasteiger partial charge in [-0.2, -0.15) is 8.78 Å². The number of likely N-dealkylation sites (N-methyl/N-ethyl adjacent to an activating group) is 1. The number of carbonyl (C=O) groups is 1. The summed E-state index contributed by atoms with van der Waals surface area (Å²) >= 11 is 0. The van der Waals surface area contributed by atoms with Gasteiger partial charge >= 0.3 is 6.61 Å². The number of ether oxygens (including phenoxy) is 2. The summed E-state index contributed by atoms with van der Waals surface area (Å²) < 4.78 is 34.1. The second-order valence-corrected chi connectivity index (χ2v) is 5.53. The van der Waals surface area contributed by atoms with Crippen LogP contribution in [0.4, 0.5) is 14.5 Å². The molecule has 1 unspecified atom stereocenters. The molecule has 0 bridgehead atoms. The van der Waals surface area contributed by atoms with Gasteiger partial charge in [-0.1, -0.05) is 0 Å². The van der Waals surface area contributed by atoms with E-state index in [1.165, 1.54) is 12.0 Å². The molecule has 10 heteroatoms. The van der Waals surface area contributed by atoms with Crippen molar-refractivity contribution in [2.45, 2.75) is 25.5 Å². The molecule has 1 fully saturated rings. The summed E-state index contributed by atoms with van der Waals surface area (Å²) in [6, 6.07) is 1.96. The van der Waals surface area contributed by atoms with Crippen molar-refractivity contribution in [3.05, 3.63) is 27.8 Å². The molecule has 1 aliphatic rings. The lowest BCUT2D eigenvalue weighted by molar-refractivity contribution is -0.385. The number of methoxy groups -OCH3 is 1. The first-order valence-corrected chi connectivity index (χ1v) is 7.65. The Bertz CT molecular complexity index is 656. The van der Waals surface area contributed by atoms with Gasteiger partial charge in [0.15, 0.2) is 11.5 Å². The SMILES string of the molecule is CNC1CCCN(C(=O)c2cc(OC)c(OC(F)F)cc2[N+](=O)[O-])C1. The Morgan fingerprint density at radius 3 is 2.72 bits per heavy atom. The first-order valence-electron chi connectivity index (χ1n) is 7.65. The van der Waals surface area contributed by atoms with Crippen molar-refractivity contribution in [2.75, 3.05) is 27.2 Å². The molecule has 2 rings (SSSR count). The maximum absolute atomic E-state index is 12.7. The standard InChI is InChI=1S/C15H19F2N3O5/c1-18-9-4-3-5-19(8-9)14(21)10-6-12(24-2)13(25-15(16)17)7-11(10)20(22)23/h6-7,9,15,18H,3-5,8H2,1-2H3. The normalized spacial score (nSPS) is 17.5. The van der Waals surface area contributed by atoms with E-state index < -0.39 is 28.9 Å². The van der Waals surface area contributed by atoms with Crippen LogP contribution in [-0.2, 0) is 0 Å². The number of piperidine rings is 1. The third kappa shape index (κ3) is 4.32. The minimum Gasteiger partial charge on any atom is -0.493 e. The Hall–Kier alpha value is -2.49. The van der Waals surface area contributed by atoms with Crippen molar-refractivity contribution >= 4 is 11.6 Å². The van der Waals surface area contributed by atoms with E-state index in [2.05, 4.69) is 10.1 Å². The van der Waals surface area contributed by atoms with Crippen LogP contribution in [0.25, 0.3) is 0 Å². The largest absolute Gasteiger partial charge is 0.493 e. The molecule has 0 radical (unpaired) electrons. The molecule has 1 heterocycles. The number of nitro benzene ring substituents is 1. The lowest BCUT2D eigenvalue weighted by atomic mass is 10.0. The highest BCUT2D eigenvalue weighted by atomic mass is 19.3. The molecule has 8 nitrogen and oxygen atoms in total. The summed E-state index contributed by atoms with van der Waals surface area (Å²) in [6.45, 7) is -2.30. The summed E-state index contributed by atoms with van der Waals surface area (Å²) in [5.74, 6) is -1.21. The van der Waals surface area contributed by atoms with E-state index >= 15 is 0 Å². The smallest absolute Gasteiger partial charge is 0.387 e. The van der Waals surface area contributed by atoms with Gasteiger partial charge in [0.25, 0.3) is 11.6 Å². The number of nitrogens with zero attached hydrogens (tertiary/aromatic N) is 2. The van der Waals surface area contributed by atoms with E-state index in [9.17, 15) is 23.7 Å². The van der Waals surface area contributed by atoms with E-state index in [1.54, 1.807) is 7.05 Å². The van der Waals surface area contributed by atoms with E-state index in [-0.39, 0.29) is 17.4 Å². The van der Waals surface area contributed by atoms with Crippen LogP contribution in [0.15, 0.2) is 12.1 Å². The first kappa shape index (κ1) is 18.8. The predicted octanol–water partition coefficient (Wildman–Crippen LogP) is 2.03. The van der Waals surface area contributed by atoms with Gasteiger partial charge in [0, 0.05) is 25.2 Å². The van der Waals surface area contributed by atoms with Crippen molar-refractivity contribution in [2.24, 2.45) is 0 Å². The maximum atomic E-state index is 12.7. The van der Waals surface area contributed by atoms with Crippen LogP contribution in [0.1, 0.15) is 23.2 Å². The molecule has 1 aromatic carbocycles. The molecule has 0 spiro atoms. The minimum atomic E-state index is -3.17. The number of carbonyl (C=O) groups excluding carboxylic acids is 1. The summed E-state index contributed by atoms with van der Waals surface area (Å²) in [4.78, 5) is 24.7. The van der Waals surface area contributed by atoms with E-state index in [0.29, 0.717) is 13.1 Å². The minimum absolute atomic E-state index is 0.0973. The van der Waals surface area contributed by atoms with Crippen molar-refractivity contribution in [1.29, 1.82) is 0 Å². The molecule has 25 heavy (non-hydrogen) atoms. The Balaban J connectivity index is 2.41. The molecule has 1 aliphatic heterocycles. The zero-order chi connectivity index (χ0) is 18.6. The summed E-state index contributed by atoms with van der Waals surface area (Å²) in [7, 11) is 2.98. The molecule has 0 saturated carbocycles. The van der Waals surface area contributed by atoms with Crippen LogP contribution in [0.5, 0.6) is 11.5 Å². The van der Waals surface area contributed by atoms with Gasteiger partial charge in [0.2, 0.25) is 0 Å². The highest BCUT2D eigenvalue weighted by Crippen LogP contribution is 2.36. The van der Waals surface area contributed by atoms with Gasteiger partial charge in [-0.15, -0.1) is 0 Å². The number of likely N-dealkylation sites (tertiary alicyclic amines) is 1. The molecular weight excluding hydrogens is 340 g/mol. The molecule has 1 aromatic rings. The highest BCUT2D eigenvalue weighted by molar-refractivity contribution is 5.99. The molecular formula is C15H19F2N3O5. The quantitative estimate of drug-likeness (QED) is 0.617. The fraction of sp³-hybridized carbons (Fsp3) is 0.533. The lowest BCUT2D eigenvalue weighted by Gasteiger charge is -2.32. The number of rotatable bonds is 6. The Kier molecular flexibility index (Phi) is 6.07. The number of benzene rings is 1. The fourth-order valence-electron chi connectivity index (χ4n) is 2.79. The number of halogens is 2. The molecule has 138 valence electrons. The number of amides is 1. The molecule has 1 atom stereocenters. The Labute approximate surface area is 142 Å². The number of hydrogen-bond donors (Lipinski definition) is 1. The maximum Gasteiger partial charge on any atom is 0.387 e. The van der Waals surface area contributed by atoms with Gasteiger partial charge in [-0.05, 0) is 19.9 Å². The zero-order valence-corrected chi connectivity index (χ0v) is 13.8. The van der Waals surface area contributed by atoms with E-state index in [0.717, 1.165) is 25.0 Å². The predicted molar refractivity (Wildman–Crippen MR) is 84.3 cm³/mol.